The number of hydrogen-bond acceptors (Lipinski definition) is 4. The van der Waals surface area contributed by atoms with Crippen molar-refractivity contribution in [3.63, 3.8) is 0 Å². The van der Waals surface area contributed by atoms with Gasteiger partial charge < -0.3 is 19.6 Å². The van der Waals surface area contributed by atoms with Crippen molar-refractivity contribution in [3.8, 4) is 0 Å². The molecule has 140 valence electrons. The molecule has 0 aliphatic carbocycles. The summed E-state index contributed by atoms with van der Waals surface area (Å²) in [5, 5.41) is 0. The van der Waals surface area contributed by atoms with Crippen LogP contribution in [0.15, 0.2) is 18.2 Å². The van der Waals surface area contributed by atoms with Crippen LogP contribution in [0.5, 0.6) is 0 Å². The molecule has 1 atom stereocenters. The number of carbonyl (C=O) groups is 2. The molecule has 0 N–H and O–H groups in total. The molecule has 3 aliphatic heterocycles. The van der Waals surface area contributed by atoms with Crippen molar-refractivity contribution in [2.75, 3.05) is 56.1 Å². The van der Waals surface area contributed by atoms with Crippen LogP contribution in [0.1, 0.15) is 36.5 Å². The summed E-state index contributed by atoms with van der Waals surface area (Å²) in [6.45, 7) is 7.51. The van der Waals surface area contributed by atoms with E-state index in [1.54, 1.807) is 4.90 Å². The van der Waals surface area contributed by atoms with Gasteiger partial charge in [0.25, 0.3) is 5.91 Å². The molecule has 4 rings (SSSR count). The summed E-state index contributed by atoms with van der Waals surface area (Å²) in [6, 6.07) is 5.84. The highest BCUT2D eigenvalue weighted by molar-refractivity contribution is 6.07. The highest BCUT2D eigenvalue weighted by atomic mass is 16.2. The van der Waals surface area contributed by atoms with Crippen LogP contribution >= 0.6 is 0 Å². The van der Waals surface area contributed by atoms with E-state index in [-0.39, 0.29) is 17.9 Å². The lowest BCUT2D eigenvalue weighted by atomic mass is 9.95. The van der Waals surface area contributed by atoms with Crippen LogP contribution in [-0.4, -0.2) is 74.0 Å². The number of piperidine rings is 1. The van der Waals surface area contributed by atoms with Crippen molar-refractivity contribution >= 4 is 23.2 Å². The monoisotopic (exact) mass is 356 g/mol. The highest BCUT2D eigenvalue weighted by Crippen LogP contribution is 2.39. The predicted octanol–water partition coefficient (Wildman–Crippen LogP) is 1.80. The average molecular weight is 356 g/mol. The topological polar surface area (TPSA) is 47.1 Å². The van der Waals surface area contributed by atoms with Gasteiger partial charge in [-0.1, -0.05) is 6.92 Å². The minimum absolute atomic E-state index is 0.0371. The maximum Gasteiger partial charge on any atom is 0.254 e. The standard InChI is InChI=1S/C20H28N4O2/c1-3-22-10-12-23(13-11-22)19(25)15-7-8-16-18(14-15)21(2)20(26)17-6-4-5-9-24(16)17/h7-8,14,17H,3-6,9-13H2,1-2H3. The molecular weight excluding hydrogens is 328 g/mol. The van der Waals surface area contributed by atoms with Crippen molar-refractivity contribution in [1.82, 2.24) is 9.80 Å². The zero-order valence-electron chi connectivity index (χ0n) is 15.8. The van der Waals surface area contributed by atoms with E-state index in [4.69, 9.17) is 0 Å². The Hall–Kier alpha value is -2.08. The number of amides is 2. The Morgan fingerprint density at radius 1 is 1.08 bits per heavy atom. The van der Waals surface area contributed by atoms with Gasteiger partial charge in [0.05, 0.1) is 11.4 Å². The Morgan fingerprint density at radius 3 is 2.58 bits per heavy atom. The lowest BCUT2D eigenvalue weighted by molar-refractivity contribution is -0.120. The molecule has 0 saturated carbocycles. The van der Waals surface area contributed by atoms with Gasteiger partial charge in [-0.3, -0.25) is 9.59 Å². The molecule has 26 heavy (non-hydrogen) atoms. The van der Waals surface area contributed by atoms with Gasteiger partial charge in [0.1, 0.15) is 6.04 Å². The summed E-state index contributed by atoms with van der Waals surface area (Å²) in [6.07, 6.45) is 3.15. The molecule has 3 aliphatic rings. The minimum atomic E-state index is -0.0371. The molecule has 0 aromatic heterocycles. The van der Waals surface area contributed by atoms with Crippen LogP contribution in [0.4, 0.5) is 11.4 Å². The number of anilines is 2. The number of nitrogens with zero attached hydrogens (tertiary/aromatic N) is 4. The molecule has 0 spiro atoms. The molecule has 2 amide bonds. The number of hydrogen-bond donors (Lipinski definition) is 0. The van der Waals surface area contributed by atoms with Gasteiger partial charge in [0.15, 0.2) is 0 Å². The molecule has 1 unspecified atom stereocenters. The normalized spacial score (nSPS) is 23.7. The number of piperazine rings is 1. The van der Waals surface area contributed by atoms with Crippen LogP contribution in [0.2, 0.25) is 0 Å². The molecule has 1 aromatic rings. The highest BCUT2D eigenvalue weighted by Gasteiger charge is 2.38. The van der Waals surface area contributed by atoms with E-state index in [1.807, 2.05) is 30.1 Å². The first-order chi connectivity index (χ1) is 12.6. The van der Waals surface area contributed by atoms with Gasteiger partial charge in [-0.25, -0.2) is 0 Å². The zero-order valence-corrected chi connectivity index (χ0v) is 15.8. The maximum absolute atomic E-state index is 12.9. The van der Waals surface area contributed by atoms with Gasteiger partial charge in [0, 0.05) is 45.3 Å². The first-order valence-electron chi connectivity index (χ1n) is 9.80. The van der Waals surface area contributed by atoms with E-state index in [0.29, 0.717) is 5.56 Å². The van der Waals surface area contributed by atoms with E-state index >= 15 is 0 Å². The van der Waals surface area contributed by atoms with E-state index in [1.165, 1.54) is 0 Å². The van der Waals surface area contributed by atoms with Crippen molar-refractivity contribution in [2.24, 2.45) is 0 Å². The summed E-state index contributed by atoms with van der Waals surface area (Å²) in [5.41, 5.74) is 2.64. The molecule has 0 radical (unpaired) electrons. The number of likely N-dealkylation sites (N-methyl/N-ethyl adjacent to an activating group) is 2. The lowest BCUT2D eigenvalue weighted by Crippen LogP contribution is -2.54. The quantitative estimate of drug-likeness (QED) is 0.811. The lowest BCUT2D eigenvalue weighted by Gasteiger charge is -2.44. The second-order valence-corrected chi connectivity index (χ2v) is 7.53. The Kier molecular flexibility index (Phi) is 4.61. The molecule has 0 bridgehead atoms. The molecule has 6 nitrogen and oxygen atoms in total. The van der Waals surface area contributed by atoms with Crippen LogP contribution in [0.25, 0.3) is 0 Å². The second-order valence-electron chi connectivity index (χ2n) is 7.53. The van der Waals surface area contributed by atoms with Gasteiger partial charge in [-0.2, -0.15) is 0 Å². The average Bonchev–Trinajstić information content (AvgIpc) is 2.71. The zero-order chi connectivity index (χ0) is 18.3. The summed E-state index contributed by atoms with van der Waals surface area (Å²) >= 11 is 0. The maximum atomic E-state index is 12.9. The SMILES string of the molecule is CCN1CCN(C(=O)c2ccc3c(c2)N(C)C(=O)C2CCCCN32)CC1. The van der Waals surface area contributed by atoms with E-state index in [9.17, 15) is 9.59 Å². The Morgan fingerprint density at radius 2 is 1.85 bits per heavy atom. The molecule has 2 saturated heterocycles. The van der Waals surface area contributed by atoms with E-state index in [0.717, 1.165) is 69.9 Å². The Labute approximate surface area is 155 Å². The van der Waals surface area contributed by atoms with Crippen LogP contribution in [-0.2, 0) is 4.79 Å². The van der Waals surface area contributed by atoms with Crippen LogP contribution in [0.3, 0.4) is 0 Å². The van der Waals surface area contributed by atoms with E-state index < -0.39 is 0 Å². The third kappa shape index (κ3) is 2.86. The van der Waals surface area contributed by atoms with Gasteiger partial charge >= 0.3 is 0 Å². The minimum Gasteiger partial charge on any atom is -0.358 e. The predicted molar refractivity (Wildman–Crippen MR) is 103 cm³/mol. The van der Waals surface area contributed by atoms with E-state index in [2.05, 4.69) is 16.7 Å². The van der Waals surface area contributed by atoms with Crippen molar-refractivity contribution in [1.29, 1.82) is 0 Å². The molecule has 6 heteroatoms. The van der Waals surface area contributed by atoms with Crippen molar-refractivity contribution < 1.29 is 9.59 Å². The summed E-state index contributed by atoms with van der Waals surface area (Å²) in [5.74, 6) is 0.225. The van der Waals surface area contributed by atoms with Crippen LogP contribution in [0, 0.1) is 0 Å². The Balaban J connectivity index is 1.59. The first kappa shape index (κ1) is 17.3. The van der Waals surface area contributed by atoms with Crippen LogP contribution < -0.4 is 9.80 Å². The molecular formula is C20H28N4O2. The number of carbonyl (C=O) groups excluding carboxylic acids is 2. The van der Waals surface area contributed by atoms with Gasteiger partial charge in [-0.15, -0.1) is 0 Å². The fourth-order valence-corrected chi connectivity index (χ4v) is 4.44. The molecule has 2 fully saturated rings. The number of rotatable bonds is 2. The number of fused-ring (bicyclic) bond motifs is 3. The Bertz CT molecular complexity index is 712. The van der Waals surface area contributed by atoms with Gasteiger partial charge in [0.2, 0.25) is 5.91 Å². The third-order valence-corrected chi connectivity index (χ3v) is 6.12. The van der Waals surface area contributed by atoms with Gasteiger partial charge in [-0.05, 0) is 44.0 Å². The van der Waals surface area contributed by atoms with Crippen molar-refractivity contribution in [3.05, 3.63) is 23.8 Å². The summed E-state index contributed by atoms with van der Waals surface area (Å²) < 4.78 is 0. The summed E-state index contributed by atoms with van der Waals surface area (Å²) in [7, 11) is 1.83. The summed E-state index contributed by atoms with van der Waals surface area (Å²) in [4.78, 5) is 34.0. The molecule has 1 aromatic carbocycles. The first-order valence-corrected chi connectivity index (χ1v) is 9.80. The fraction of sp³-hybridized carbons (Fsp3) is 0.600. The third-order valence-electron chi connectivity index (χ3n) is 6.12. The fourth-order valence-electron chi connectivity index (χ4n) is 4.44. The van der Waals surface area contributed by atoms with Crippen molar-refractivity contribution in [2.45, 2.75) is 32.2 Å². The second kappa shape index (κ2) is 6.91. The smallest absolute Gasteiger partial charge is 0.254 e. The molecule has 3 heterocycles. The number of benzene rings is 1. The largest absolute Gasteiger partial charge is 0.358 e.